The lowest BCUT2D eigenvalue weighted by molar-refractivity contribution is 0.173. The van der Waals surface area contributed by atoms with Crippen LogP contribution in [0.15, 0.2) is 48.5 Å². The van der Waals surface area contributed by atoms with E-state index in [1.54, 1.807) is 26.0 Å². The van der Waals surface area contributed by atoms with Crippen LogP contribution in [0.3, 0.4) is 0 Å². The van der Waals surface area contributed by atoms with Crippen LogP contribution in [-0.2, 0) is 6.54 Å². The van der Waals surface area contributed by atoms with Crippen molar-refractivity contribution in [1.29, 1.82) is 0 Å². The maximum Gasteiger partial charge on any atom is 0.160 e. The van der Waals surface area contributed by atoms with Crippen LogP contribution in [0.4, 0.5) is 5.69 Å². The first kappa shape index (κ1) is 24.2. The van der Waals surface area contributed by atoms with Crippen LogP contribution < -0.4 is 10.6 Å². The first-order valence-electron chi connectivity index (χ1n) is 10.6. The molecule has 0 aliphatic carbocycles. The zero-order chi connectivity index (χ0) is 24.1. The summed E-state index contributed by atoms with van der Waals surface area (Å²) < 4.78 is 0. The Labute approximate surface area is 192 Å². The molecule has 3 rings (SSSR count). The standard InChI is InChI=1S/C25H30N2O6/c1-14-18(7-9-20(28)24(14)32)22(30)12-26-11-16-3-5-17(6-4-16)27-13-23(31)19-8-10-21(29)25(33)15(19)2/h3-10,22-23,26-33H,11-13H2,1-2H3. The SMILES string of the molecule is Cc1c(C(O)CNCc2ccc(NCC(O)c3ccc(O)c(O)c3C)cc2)ccc(O)c1O. The smallest absolute Gasteiger partial charge is 0.160 e. The molecule has 0 aliphatic rings. The minimum atomic E-state index is -0.859. The quantitative estimate of drug-likeness (QED) is 0.230. The third-order valence-electron chi connectivity index (χ3n) is 5.74. The fourth-order valence-corrected chi connectivity index (χ4v) is 3.65. The van der Waals surface area contributed by atoms with Gasteiger partial charge in [-0.1, -0.05) is 24.3 Å². The zero-order valence-corrected chi connectivity index (χ0v) is 18.6. The Hall–Kier alpha value is -3.46. The van der Waals surface area contributed by atoms with Gasteiger partial charge in [0, 0.05) is 36.4 Å². The van der Waals surface area contributed by atoms with Crippen LogP contribution in [0.25, 0.3) is 0 Å². The number of rotatable bonds is 9. The molecular weight excluding hydrogens is 424 g/mol. The number of aromatic hydroxyl groups is 4. The predicted octanol–water partition coefficient (Wildman–Crippen LogP) is 3.09. The fourth-order valence-electron chi connectivity index (χ4n) is 3.65. The molecule has 8 N–H and O–H groups in total. The molecule has 176 valence electrons. The molecule has 2 atom stereocenters. The molecule has 0 saturated carbocycles. The number of nitrogens with one attached hydrogen (secondary N) is 2. The highest BCUT2D eigenvalue weighted by Crippen LogP contribution is 2.34. The van der Waals surface area contributed by atoms with E-state index in [0.29, 0.717) is 28.8 Å². The normalized spacial score (nSPS) is 13.0. The number of aliphatic hydroxyl groups is 2. The number of aliphatic hydroxyl groups excluding tert-OH is 2. The molecule has 0 fully saturated rings. The van der Waals surface area contributed by atoms with E-state index in [4.69, 9.17) is 0 Å². The van der Waals surface area contributed by atoms with Crippen LogP contribution in [0, 0.1) is 13.8 Å². The fraction of sp³-hybridized carbons (Fsp3) is 0.280. The molecular formula is C25H30N2O6. The summed E-state index contributed by atoms with van der Waals surface area (Å²) in [5.41, 5.74) is 3.78. The molecule has 0 bridgehead atoms. The lowest BCUT2D eigenvalue weighted by Gasteiger charge is -2.17. The second-order valence-electron chi connectivity index (χ2n) is 8.04. The molecule has 0 radical (unpaired) electrons. The van der Waals surface area contributed by atoms with E-state index in [1.807, 2.05) is 24.3 Å². The minimum Gasteiger partial charge on any atom is -0.504 e. The number of hydrogen-bond acceptors (Lipinski definition) is 8. The summed E-state index contributed by atoms with van der Waals surface area (Å²) in [7, 11) is 0. The Morgan fingerprint density at radius 2 is 1.15 bits per heavy atom. The highest BCUT2D eigenvalue weighted by atomic mass is 16.3. The topological polar surface area (TPSA) is 145 Å². The lowest BCUT2D eigenvalue weighted by Crippen LogP contribution is -2.21. The summed E-state index contributed by atoms with van der Waals surface area (Å²) in [5.74, 6) is -0.888. The summed E-state index contributed by atoms with van der Waals surface area (Å²) in [6.45, 7) is 4.30. The van der Waals surface area contributed by atoms with Gasteiger partial charge in [0.05, 0.1) is 12.2 Å². The minimum absolute atomic E-state index is 0.214. The van der Waals surface area contributed by atoms with Crippen molar-refractivity contribution >= 4 is 5.69 Å². The van der Waals surface area contributed by atoms with Crippen molar-refractivity contribution in [3.8, 4) is 23.0 Å². The Bertz CT molecular complexity index is 1100. The van der Waals surface area contributed by atoms with Crippen LogP contribution in [0.2, 0.25) is 0 Å². The Morgan fingerprint density at radius 3 is 1.67 bits per heavy atom. The summed E-state index contributed by atoms with van der Waals surface area (Å²) >= 11 is 0. The second kappa shape index (κ2) is 10.4. The van der Waals surface area contributed by atoms with Gasteiger partial charge >= 0.3 is 0 Å². The molecule has 3 aromatic rings. The van der Waals surface area contributed by atoms with Crippen molar-refractivity contribution in [3.05, 3.63) is 76.3 Å². The Balaban J connectivity index is 1.49. The van der Waals surface area contributed by atoms with E-state index in [1.165, 1.54) is 12.1 Å². The first-order chi connectivity index (χ1) is 15.7. The molecule has 3 aromatic carbocycles. The molecule has 0 amide bonds. The summed E-state index contributed by atoms with van der Waals surface area (Å²) in [6, 6.07) is 13.5. The maximum atomic E-state index is 10.4. The predicted molar refractivity (Wildman–Crippen MR) is 126 cm³/mol. The van der Waals surface area contributed by atoms with Gasteiger partial charge in [0.1, 0.15) is 0 Å². The van der Waals surface area contributed by atoms with Gasteiger partial charge in [-0.05, 0) is 54.8 Å². The van der Waals surface area contributed by atoms with Gasteiger partial charge in [0.25, 0.3) is 0 Å². The van der Waals surface area contributed by atoms with Crippen molar-refractivity contribution in [3.63, 3.8) is 0 Å². The molecule has 0 spiro atoms. The number of hydrogen-bond donors (Lipinski definition) is 8. The van der Waals surface area contributed by atoms with Crippen molar-refractivity contribution in [2.45, 2.75) is 32.6 Å². The number of phenolic OH excluding ortho intramolecular Hbond substituents is 4. The van der Waals surface area contributed by atoms with E-state index in [0.717, 1.165) is 11.3 Å². The van der Waals surface area contributed by atoms with E-state index in [2.05, 4.69) is 10.6 Å². The third-order valence-corrected chi connectivity index (χ3v) is 5.74. The second-order valence-corrected chi connectivity index (χ2v) is 8.04. The number of anilines is 1. The average molecular weight is 455 g/mol. The van der Waals surface area contributed by atoms with E-state index in [-0.39, 0.29) is 36.1 Å². The van der Waals surface area contributed by atoms with Gasteiger partial charge in [-0.2, -0.15) is 0 Å². The number of phenols is 4. The van der Waals surface area contributed by atoms with E-state index in [9.17, 15) is 30.6 Å². The monoisotopic (exact) mass is 454 g/mol. The molecule has 33 heavy (non-hydrogen) atoms. The van der Waals surface area contributed by atoms with Crippen LogP contribution in [0.5, 0.6) is 23.0 Å². The van der Waals surface area contributed by atoms with Crippen molar-refractivity contribution in [2.75, 3.05) is 18.4 Å². The summed E-state index contributed by atoms with van der Waals surface area (Å²) in [4.78, 5) is 0. The van der Waals surface area contributed by atoms with Gasteiger partial charge < -0.3 is 41.3 Å². The maximum absolute atomic E-state index is 10.4. The van der Waals surface area contributed by atoms with Crippen LogP contribution in [-0.4, -0.2) is 43.7 Å². The van der Waals surface area contributed by atoms with Crippen molar-refractivity contribution in [2.24, 2.45) is 0 Å². The Kier molecular flexibility index (Phi) is 7.65. The van der Waals surface area contributed by atoms with Gasteiger partial charge in [0.15, 0.2) is 23.0 Å². The van der Waals surface area contributed by atoms with Crippen molar-refractivity contribution < 1.29 is 30.6 Å². The van der Waals surface area contributed by atoms with Crippen LogP contribution in [0.1, 0.15) is 40.0 Å². The molecule has 8 nitrogen and oxygen atoms in total. The van der Waals surface area contributed by atoms with Gasteiger partial charge in [-0.3, -0.25) is 0 Å². The van der Waals surface area contributed by atoms with Gasteiger partial charge in [-0.25, -0.2) is 0 Å². The molecule has 0 aliphatic heterocycles. The summed E-state index contributed by atoms with van der Waals surface area (Å²) in [6.07, 6.45) is -1.69. The largest absolute Gasteiger partial charge is 0.504 e. The van der Waals surface area contributed by atoms with Crippen molar-refractivity contribution in [1.82, 2.24) is 5.32 Å². The highest BCUT2D eigenvalue weighted by molar-refractivity contribution is 5.50. The Morgan fingerprint density at radius 1 is 0.667 bits per heavy atom. The lowest BCUT2D eigenvalue weighted by atomic mass is 10.0. The van der Waals surface area contributed by atoms with E-state index >= 15 is 0 Å². The van der Waals surface area contributed by atoms with Gasteiger partial charge in [0.2, 0.25) is 0 Å². The number of benzene rings is 3. The summed E-state index contributed by atoms with van der Waals surface area (Å²) in [5, 5.41) is 65.9. The molecule has 2 unspecified atom stereocenters. The third kappa shape index (κ3) is 5.67. The van der Waals surface area contributed by atoms with Crippen LogP contribution >= 0.6 is 0 Å². The zero-order valence-electron chi connectivity index (χ0n) is 18.6. The first-order valence-corrected chi connectivity index (χ1v) is 10.6. The molecule has 0 aromatic heterocycles. The molecule has 0 saturated heterocycles. The molecule has 8 heteroatoms. The average Bonchev–Trinajstić information content (AvgIpc) is 2.80. The van der Waals surface area contributed by atoms with E-state index < -0.39 is 12.2 Å². The van der Waals surface area contributed by atoms with Gasteiger partial charge in [-0.15, -0.1) is 0 Å². The highest BCUT2D eigenvalue weighted by Gasteiger charge is 2.16. The molecule has 0 heterocycles.